The van der Waals surface area contributed by atoms with Crippen molar-refractivity contribution < 1.29 is 9.53 Å². The molecule has 1 aliphatic heterocycles. The molecule has 25 heavy (non-hydrogen) atoms. The lowest BCUT2D eigenvalue weighted by molar-refractivity contribution is 0.0342. The second-order valence-electron chi connectivity index (χ2n) is 6.31. The molecule has 1 saturated heterocycles. The first kappa shape index (κ1) is 19.4. The lowest BCUT2D eigenvalue weighted by Crippen LogP contribution is -2.35. The summed E-state index contributed by atoms with van der Waals surface area (Å²) in [7, 11) is 0. The van der Waals surface area contributed by atoms with Gasteiger partial charge < -0.3 is 10.1 Å². The summed E-state index contributed by atoms with van der Waals surface area (Å²) in [6, 6.07) is 13.9. The quantitative estimate of drug-likeness (QED) is 0.901. The Morgan fingerprint density at radius 3 is 2.24 bits per heavy atom. The monoisotopic (exact) mass is 360 g/mol. The van der Waals surface area contributed by atoms with Crippen molar-refractivity contribution >= 4 is 24.0 Å². The van der Waals surface area contributed by atoms with Gasteiger partial charge in [-0.2, -0.15) is 0 Å². The number of nitrogens with zero attached hydrogens (tertiary/aromatic N) is 1. The molecule has 1 amide bonds. The Bertz CT molecular complexity index is 690. The van der Waals surface area contributed by atoms with E-state index in [9.17, 15) is 4.79 Å². The van der Waals surface area contributed by atoms with Crippen LogP contribution in [0.15, 0.2) is 42.5 Å². The summed E-state index contributed by atoms with van der Waals surface area (Å²) < 4.78 is 5.37. The van der Waals surface area contributed by atoms with Gasteiger partial charge in [0.15, 0.2) is 0 Å². The molecule has 0 atom stereocenters. The molecule has 2 aromatic carbocycles. The van der Waals surface area contributed by atoms with Gasteiger partial charge in [-0.25, -0.2) is 0 Å². The van der Waals surface area contributed by atoms with Gasteiger partial charge in [0.2, 0.25) is 0 Å². The minimum Gasteiger partial charge on any atom is -0.379 e. The largest absolute Gasteiger partial charge is 0.379 e. The molecule has 1 aliphatic rings. The highest BCUT2D eigenvalue weighted by molar-refractivity contribution is 6.05. The molecule has 0 saturated carbocycles. The maximum absolute atomic E-state index is 12.5. The van der Waals surface area contributed by atoms with Crippen molar-refractivity contribution in [2.75, 3.05) is 31.6 Å². The number of amides is 1. The predicted octanol–water partition coefficient (Wildman–Crippen LogP) is 3.81. The van der Waals surface area contributed by atoms with Crippen LogP contribution >= 0.6 is 12.4 Å². The molecule has 1 N–H and O–H groups in total. The van der Waals surface area contributed by atoms with E-state index in [1.54, 1.807) is 0 Å². The lowest BCUT2D eigenvalue weighted by atomic mass is 10.1. The number of anilines is 1. The van der Waals surface area contributed by atoms with Crippen LogP contribution in [0.3, 0.4) is 0 Å². The summed E-state index contributed by atoms with van der Waals surface area (Å²) in [5, 5.41) is 3.03. The highest BCUT2D eigenvalue weighted by Crippen LogP contribution is 2.20. The van der Waals surface area contributed by atoms with Crippen molar-refractivity contribution in [3.8, 4) is 0 Å². The smallest absolute Gasteiger partial charge is 0.255 e. The minimum atomic E-state index is -0.0645. The SMILES string of the molecule is Cc1cccc(C)c1NC(=O)c1ccc(CN2CCOCC2)cc1.Cl. The van der Waals surface area contributed by atoms with E-state index in [0.717, 1.165) is 49.7 Å². The van der Waals surface area contributed by atoms with Crippen LogP contribution in [0.5, 0.6) is 0 Å². The molecular weight excluding hydrogens is 336 g/mol. The van der Waals surface area contributed by atoms with E-state index in [4.69, 9.17) is 4.74 Å². The van der Waals surface area contributed by atoms with Gasteiger partial charge in [0.25, 0.3) is 5.91 Å². The number of hydrogen-bond acceptors (Lipinski definition) is 3. The average molecular weight is 361 g/mol. The molecule has 2 aromatic rings. The van der Waals surface area contributed by atoms with Crippen molar-refractivity contribution in [3.05, 3.63) is 64.7 Å². The summed E-state index contributed by atoms with van der Waals surface area (Å²) in [6.45, 7) is 8.46. The maximum Gasteiger partial charge on any atom is 0.255 e. The number of ether oxygens (including phenoxy) is 1. The van der Waals surface area contributed by atoms with Gasteiger partial charge in [-0.3, -0.25) is 9.69 Å². The highest BCUT2D eigenvalue weighted by atomic mass is 35.5. The van der Waals surface area contributed by atoms with Crippen molar-refractivity contribution in [3.63, 3.8) is 0 Å². The van der Waals surface area contributed by atoms with Crippen molar-refractivity contribution in [2.24, 2.45) is 0 Å². The van der Waals surface area contributed by atoms with Gasteiger partial charge in [0, 0.05) is 30.9 Å². The molecule has 134 valence electrons. The Kier molecular flexibility index (Phi) is 7.00. The van der Waals surface area contributed by atoms with Crippen molar-refractivity contribution in [1.82, 2.24) is 4.90 Å². The predicted molar refractivity (Wildman–Crippen MR) is 104 cm³/mol. The Morgan fingerprint density at radius 1 is 1.04 bits per heavy atom. The standard InChI is InChI=1S/C20H24N2O2.ClH/c1-15-4-3-5-16(2)19(15)21-20(23)18-8-6-17(7-9-18)14-22-10-12-24-13-11-22;/h3-9H,10-14H2,1-2H3,(H,21,23);1H. The fourth-order valence-electron chi connectivity index (χ4n) is 2.98. The van der Waals surface area contributed by atoms with Gasteiger partial charge in [-0.15, -0.1) is 12.4 Å². The Morgan fingerprint density at radius 2 is 1.64 bits per heavy atom. The van der Waals surface area contributed by atoms with Gasteiger partial charge >= 0.3 is 0 Å². The highest BCUT2D eigenvalue weighted by Gasteiger charge is 2.12. The van der Waals surface area contributed by atoms with Gasteiger partial charge in [-0.05, 0) is 42.7 Å². The number of halogens is 1. The molecule has 4 nitrogen and oxygen atoms in total. The van der Waals surface area contributed by atoms with Crippen LogP contribution in [-0.4, -0.2) is 37.1 Å². The fraction of sp³-hybridized carbons (Fsp3) is 0.350. The van der Waals surface area contributed by atoms with Crippen LogP contribution < -0.4 is 5.32 Å². The summed E-state index contributed by atoms with van der Waals surface area (Å²) >= 11 is 0. The molecule has 0 radical (unpaired) electrons. The Balaban J connectivity index is 0.00000225. The van der Waals surface area contributed by atoms with E-state index in [1.807, 2.05) is 56.3 Å². The van der Waals surface area contributed by atoms with E-state index < -0.39 is 0 Å². The first-order valence-electron chi connectivity index (χ1n) is 8.40. The number of hydrogen-bond donors (Lipinski definition) is 1. The normalized spacial score (nSPS) is 14.6. The van der Waals surface area contributed by atoms with Gasteiger partial charge in [0.05, 0.1) is 13.2 Å². The van der Waals surface area contributed by atoms with E-state index >= 15 is 0 Å². The molecule has 1 heterocycles. The van der Waals surface area contributed by atoms with Crippen LogP contribution in [-0.2, 0) is 11.3 Å². The molecule has 0 aliphatic carbocycles. The third-order valence-corrected chi connectivity index (χ3v) is 4.45. The number of rotatable bonds is 4. The molecular formula is C20H25ClN2O2. The van der Waals surface area contributed by atoms with Crippen LogP contribution in [0.4, 0.5) is 5.69 Å². The fourth-order valence-corrected chi connectivity index (χ4v) is 2.98. The van der Waals surface area contributed by atoms with E-state index in [-0.39, 0.29) is 18.3 Å². The van der Waals surface area contributed by atoms with E-state index in [0.29, 0.717) is 5.56 Å². The third kappa shape index (κ3) is 5.05. The minimum absolute atomic E-state index is 0. The first-order chi connectivity index (χ1) is 11.6. The molecule has 3 rings (SSSR count). The number of nitrogens with one attached hydrogen (secondary N) is 1. The summed E-state index contributed by atoms with van der Waals surface area (Å²) in [4.78, 5) is 14.9. The lowest BCUT2D eigenvalue weighted by Gasteiger charge is -2.26. The van der Waals surface area contributed by atoms with Crippen molar-refractivity contribution in [1.29, 1.82) is 0 Å². The zero-order chi connectivity index (χ0) is 16.9. The molecule has 5 heteroatoms. The molecule has 0 spiro atoms. The van der Waals surface area contributed by atoms with Crippen LogP contribution in [0.25, 0.3) is 0 Å². The Labute approximate surface area is 155 Å². The number of benzene rings is 2. The van der Waals surface area contributed by atoms with Crippen LogP contribution in [0.1, 0.15) is 27.0 Å². The number of carbonyl (C=O) groups is 1. The molecule has 0 unspecified atom stereocenters. The number of aryl methyl sites for hydroxylation is 2. The Hall–Kier alpha value is -1.88. The average Bonchev–Trinajstić information content (AvgIpc) is 2.60. The second-order valence-corrected chi connectivity index (χ2v) is 6.31. The summed E-state index contributed by atoms with van der Waals surface area (Å²) in [5.74, 6) is -0.0645. The van der Waals surface area contributed by atoms with E-state index in [2.05, 4.69) is 10.2 Å². The van der Waals surface area contributed by atoms with Gasteiger partial charge in [-0.1, -0.05) is 30.3 Å². The molecule has 0 aromatic heterocycles. The van der Waals surface area contributed by atoms with Crippen LogP contribution in [0.2, 0.25) is 0 Å². The molecule has 0 bridgehead atoms. The second kappa shape index (κ2) is 8.99. The summed E-state index contributed by atoms with van der Waals surface area (Å²) in [5.41, 5.74) is 4.96. The first-order valence-corrected chi connectivity index (χ1v) is 8.40. The zero-order valence-electron chi connectivity index (χ0n) is 14.7. The summed E-state index contributed by atoms with van der Waals surface area (Å²) in [6.07, 6.45) is 0. The number of morpholine rings is 1. The number of para-hydroxylation sites is 1. The molecule has 1 fully saturated rings. The number of carbonyl (C=O) groups excluding carboxylic acids is 1. The maximum atomic E-state index is 12.5. The van der Waals surface area contributed by atoms with Crippen LogP contribution in [0, 0.1) is 13.8 Å². The topological polar surface area (TPSA) is 41.6 Å². The zero-order valence-corrected chi connectivity index (χ0v) is 15.6. The third-order valence-electron chi connectivity index (χ3n) is 4.45. The van der Waals surface area contributed by atoms with Crippen molar-refractivity contribution in [2.45, 2.75) is 20.4 Å². The van der Waals surface area contributed by atoms with E-state index in [1.165, 1.54) is 5.56 Å². The van der Waals surface area contributed by atoms with Gasteiger partial charge in [0.1, 0.15) is 0 Å².